The second kappa shape index (κ2) is 6.57. The number of aromatic carboxylic acids is 1. The van der Waals surface area contributed by atoms with Gasteiger partial charge in [-0.2, -0.15) is 0 Å². The number of carboxylic acid groups (broad SMARTS) is 1. The topological polar surface area (TPSA) is 98.9 Å². The van der Waals surface area contributed by atoms with Gasteiger partial charge in [-0.15, -0.1) is 0 Å². The van der Waals surface area contributed by atoms with Gasteiger partial charge in [0.1, 0.15) is 12.2 Å². The molecule has 1 N–H and O–H groups in total. The monoisotopic (exact) mass is 303 g/mol. The summed E-state index contributed by atoms with van der Waals surface area (Å²) >= 11 is 0. The van der Waals surface area contributed by atoms with Crippen molar-refractivity contribution in [2.75, 3.05) is 7.11 Å². The lowest BCUT2D eigenvalue weighted by Gasteiger charge is -2.11. The quantitative estimate of drug-likeness (QED) is 0.650. The maximum atomic E-state index is 11.2. The van der Waals surface area contributed by atoms with E-state index in [1.807, 2.05) is 30.3 Å². The maximum absolute atomic E-state index is 11.2. The number of ether oxygens (including phenoxy) is 2. The molecule has 0 bridgehead atoms. The van der Waals surface area contributed by atoms with Crippen LogP contribution in [0.25, 0.3) is 0 Å². The SMILES string of the molecule is COc1cc([N+](=O)[O-])c(C(=O)O)cc1OCc1ccccc1. The second-order valence-electron chi connectivity index (χ2n) is 4.36. The molecule has 0 saturated carbocycles. The largest absolute Gasteiger partial charge is 0.493 e. The first-order chi connectivity index (χ1) is 10.5. The zero-order valence-electron chi connectivity index (χ0n) is 11.7. The fraction of sp³-hybridized carbons (Fsp3) is 0.133. The summed E-state index contributed by atoms with van der Waals surface area (Å²) in [6, 6.07) is 11.4. The third kappa shape index (κ3) is 3.32. The Labute approximate surface area is 125 Å². The molecule has 0 saturated heterocycles. The number of rotatable bonds is 6. The Kier molecular flexibility index (Phi) is 4.57. The molecule has 0 heterocycles. The maximum Gasteiger partial charge on any atom is 0.342 e. The van der Waals surface area contributed by atoms with E-state index in [1.54, 1.807) is 0 Å². The summed E-state index contributed by atoms with van der Waals surface area (Å²) in [6.45, 7) is 0.189. The molecule has 22 heavy (non-hydrogen) atoms. The minimum absolute atomic E-state index is 0.104. The van der Waals surface area contributed by atoms with Crippen LogP contribution < -0.4 is 9.47 Å². The van der Waals surface area contributed by atoms with E-state index in [0.29, 0.717) is 0 Å². The standard InChI is InChI=1S/C15H13NO6/c1-21-13-8-12(16(19)20)11(15(17)18)7-14(13)22-9-10-5-3-2-4-6-10/h2-8H,9H2,1H3,(H,17,18). The van der Waals surface area contributed by atoms with Crippen LogP contribution in [0.3, 0.4) is 0 Å². The van der Waals surface area contributed by atoms with Crippen molar-refractivity contribution in [3.05, 3.63) is 63.7 Å². The zero-order chi connectivity index (χ0) is 16.1. The Morgan fingerprint density at radius 2 is 1.91 bits per heavy atom. The fourth-order valence-corrected chi connectivity index (χ4v) is 1.88. The Bertz CT molecular complexity index is 699. The van der Waals surface area contributed by atoms with Gasteiger partial charge < -0.3 is 14.6 Å². The van der Waals surface area contributed by atoms with Crippen LogP contribution in [-0.4, -0.2) is 23.1 Å². The zero-order valence-corrected chi connectivity index (χ0v) is 11.7. The normalized spacial score (nSPS) is 10.0. The van der Waals surface area contributed by atoms with E-state index in [2.05, 4.69) is 0 Å². The van der Waals surface area contributed by atoms with E-state index in [-0.39, 0.29) is 18.1 Å². The van der Waals surface area contributed by atoms with E-state index in [0.717, 1.165) is 17.7 Å². The predicted molar refractivity (Wildman–Crippen MR) is 77.4 cm³/mol. The van der Waals surface area contributed by atoms with Crippen molar-refractivity contribution >= 4 is 11.7 Å². The van der Waals surface area contributed by atoms with Crippen molar-refractivity contribution in [1.29, 1.82) is 0 Å². The van der Waals surface area contributed by atoms with Crippen molar-refractivity contribution in [1.82, 2.24) is 0 Å². The van der Waals surface area contributed by atoms with Crippen molar-refractivity contribution < 1.29 is 24.3 Å². The molecule has 2 aromatic carbocycles. The number of methoxy groups -OCH3 is 1. The van der Waals surface area contributed by atoms with Crippen LogP contribution in [0.2, 0.25) is 0 Å². The number of nitro groups is 1. The molecule has 0 aliphatic heterocycles. The molecule has 7 heteroatoms. The molecule has 2 aromatic rings. The van der Waals surface area contributed by atoms with E-state index in [1.165, 1.54) is 7.11 Å². The van der Waals surface area contributed by atoms with Gasteiger partial charge in [-0.25, -0.2) is 4.79 Å². The van der Waals surface area contributed by atoms with Gasteiger partial charge in [-0.05, 0) is 5.56 Å². The van der Waals surface area contributed by atoms with Crippen molar-refractivity contribution in [2.45, 2.75) is 6.61 Å². The van der Waals surface area contributed by atoms with E-state index < -0.39 is 22.1 Å². The molecular weight excluding hydrogens is 290 g/mol. The number of hydrogen-bond acceptors (Lipinski definition) is 5. The molecule has 2 rings (SSSR count). The lowest BCUT2D eigenvalue weighted by Crippen LogP contribution is -2.05. The van der Waals surface area contributed by atoms with Gasteiger partial charge in [-0.3, -0.25) is 10.1 Å². The minimum Gasteiger partial charge on any atom is -0.493 e. The summed E-state index contributed by atoms with van der Waals surface area (Å²) in [7, 11) is 1.33. The highest BCUT2D eigenvalue weighted by Crippen LogP contribution is 2.35. The number of nitro benzene ring substituents is 1. The highest BCUT2D eigenvalue weighted by atomic mass is 16.6. The summed E-state index contributed by atoms with van der Waals surface area (Å²) in [6.07, 6.45) is 0. The van der Waals surface area contributed by atoms with E-state index in [4.69, 9.17) is 14.6 Å². The Morgan fingerprint density at radius 3 is 2.45 bits per heavy atom. The molecule has 0 spiro atoms. The van der Waals surface area contributed by atoms with Gasteiger partial charge in [0, 0.05) is 6.07 Å². The molecular formula is C15H13NO6. The van der Waals surface area contributed by atoms with Crippen molar-refractivity contribution in [3.63, 3.8) is 0 Å². The lowest BCUT2D eigenvalue weighted by atomic mass is 10.1. The van der Waals surface area contributed by atoms with Crippen LogP contribution in [0.5, 0.6) is 11.5 Å². The molecule has 0 aliphatic rings. The van der Waals surface area contributed by atoms with Gasteiger partial charge in [0.15, 0.2) is 11.5 Å². The first-order valence-electron chi connectivity index (χ1n) is 6.29. The third-order valence-corrected chi connectivity index (χ3v) is 2.95. The molecule has 114 valence electrons. The summed E-state index contributed by atoms with van der Waals surface area (Å²) in [4.78, 5) is 21.3. The average Bonchev–Trinajstić information content (AvgIpc) is 2.52. The highest BCUT2D eigenvalue weighted by molar-refractivity contribution is 5.93. The summed E-state index contributed by atoms with van der Waals surface area (Å²) in [5, 5.41) is 20.0. The van der Waals surface area contributed by atoms with Crippen LogP contribution >= 0.6 is 0 Å². The Morgan fingerprint density at radius 1 is 1.23 bits per heavy atom. The number of carbonyl (C=O) groups is 1. The molecule has 7 nitrogen and oxygen atoms in total. The highest BCUT2D eigenvalue weighted by Gasteiger charge is 2.24. The van der Waals surface area contributed by atoms with Gasteiger partial charge >= 0.3 is 5.97 Å². The van der Waals surface area contributed by atoms with Gasteiger partial charge in [-0.1, -0.05) is 30.3 Å². The molecule has 0 atom stereocenters. The van der Waals surface area contributed by atoms with Crippen LogP contribution in [0, 0.1) is 10.1 Å². The second-order valence-corrected chi connectivity index (χ2v) is 4.36. The molecule has 0 aromatic heterocycles. The van der Waals surface area contributed by atoms with Gasteiger partial charge in [0.25, 0.3) is 5.69 Å². The van der Waals surface area contributed by atoms with Gasteiger partial charge in [0.2, 0.25) is 0 Å². The fourth-order valence-electron chi connectivity index (χ4n) is 1.88. The molecule has 0 aliphatic carbocycles. The number of nitrogens with zero attached hydrogens (tertiary/aromatic N) is 1. The van der Waals surface area contributed by atoms with Gasteiger partial charge in [0.05, 0.1) is 18.1 Å². The van der Waals surface area contributed by atoms with Crippen molar-refractivity contribution in [3.8, 4) is 11.5 Å². The first-order valence-corrected chi connectivity index (χ1v) is 6.29. The van der Waals surface area contributed by atoms with Crippen LogP contribution in [0.4, 0.5) is 5.69 Å². The third-order valence-electron chi connectivity index (χ3n) is 2.95. The molecule has 0 radical (unpaired) electrons. The Hall–Kier alpha value is -3.09. The first kappa shape index (κ1) is 15.3. The van der Waals surface area contributed by atoms with E-state index >= 15 is 0 Å². The van der Waals surface area contributed by atoms with Crippen LogP contribution in [-0.2, 0) is 6.61 Å². The van der Waals surface area contributed by atoms with Crippen molar-refractivity contribution in [2.24, 2.45) is 0 Å². The minimum atomic E-state index is -1.40. The average molecular weight is 303 g/mol. The predicted octanol–water partition coefficient (Wildman–Crippen LogP) is 2.88. The summed E-state index contributed by atoms with van der Waals surface area (Å²) in [5.41, 5.74) is -0.120. The van der Waals surface area contributed by atoms with Crippen LogP contribution in [0.15, 0.2) is 42.5 Å². The number of carboxylic acids is 1. The molecule has 0 unspecified atom stereocenters. The smallest absolute Gasteiger partial charge is 0.342 e. The number of benzene rings is 2. The molecule has 0 fully saturated rings. The van der Waals surface area contributed by atoms with Crippen LogP contribution in [0.1, 0.15) is 15.9 Å². The van der Waals surface area contributed by atoms with E-state index in [9.17, 15) is 14.9 Å². The Balaban J connectivity index is 2.35. The summed E-state index contributed by atoms with van der Waals surface area (Å²) in [5.74, 6) is -1.17. The number of hydrogen-bond donors (Lipinski definition) is 1. The molecule has 0 amide bonds. The summed E-state index contributed by atoms with van der Waals surface area (Å²) < 4.78 is 10.6. The lowest BCUT2D eigenvalue weighted by molar-refractivity contribution is -0.385.